The summed E-state index contributed by atoms with van der Waals surface area (Å²) in [5.74, 6) is -0.0477. The zero-order chi connectivity index (χ0) is 15.9. The Morgan fingerprint density at radius 2 is 2.17 bits per heavy atom. The van der Waals surface area contributed by atoms with E-state index < -0.39 is 11.0 Å². The summed E-state index contributed by atoms with van der Waals surface area (Å²) in [6.07, 6.45) is -0.342. The number of hydrogen-bond acceptors (Lipinski definition) is 6. The van der Waals surface area contributed by atoms with Gasteiger partial charge < -0.3 is 20.5 Å². The second kappa shape index (κ2) is 9.29. The lowest BCUT2D eigenvalue weighted by Crippen LogP contribution is -2.34. The van der Waals surface area contributed by atoms with Crippen LogP contribution < -0.4 is 15.4 Å². The van der Waals surface area contributed by atoms with Crippen molar-refractivity contribution < 1.29 is 19.6 Å². The van der Waals surface area contributed by atoms with Gasteiger partial charge in [0.25, 0.3) is 0 Å². The topological polar surface area (TPSA) is 114 Å². The van der Waals surface area contributed by atoms with Gasteiger partial charge in [-0.05, 0) is 6.07 Å². The first-order valence-corrected chi connectivity index (χ1v) is 7.09. The summed E-state index contributed by atoms with van der Waals surface area (Å²) in [6.45, 7) is 1.68. The summed E-state index contributed by atoms with van der Waals surface area (Å²) < 4.78 is 5.30. The van der Waals surface area contributed by atoms with E-state index in [1.165, 1.54) is 12.1 Å². The molecule has 23 heavy (non-hydrogen) atoms. The number of nitrogens with zero attached hydrogens (tertiary/aromatic N) is 1. The number of nitrogens with one attached hydrogen (secondary N) is 2. The van der Waals surface area contributed by atoms with E-state index >= 15 is 0 Å². The SMILES string of the molecule is Cl.O=C(CCOc1ccccc1[N+](=O)[O-])NCC1CNCC1O. The molecule has 128 valence electrons. The third-order valence-electron chi connectivity index (χ3n) is 3.51. The van der Waals surface area contributed by atoms with Crippen LogP contribution in [0, 0.1) is 16.0 Å². The van der Waals surface area contributed by atoms with Crippen LogP contribution in [0.1, 0.15) is 6.42 Å². The summed E-state index contributed by atoms with van der Waals surface area (Å²) in [4.78, 5) is 22.0. The highest BCUT2D eigenvalue weighted by molar-refractivity contribution is 5.85. The van der Waals surface area contributed by atoms with E-state index in [1.807, 2.05) is 0 Å². The number of aliphatic hydroxyl groups is 1. The van der Waals surface area contributed by atoms with E-state index in [2.05, 4.69) is 10.6 Å². The molecule has 2 rings (SSSR count). The van der Waals surface area contributed by atoms with Crippen LogP contribution in [-0.4, -0.2) is 48.3 Å². The summed E-state index contributed by atoms with van der Waals surface area (Å²) in [7, 11) is 0. The number of benzene rings is 1. The molecule has 0 spiro atoms. The Bertz CT molecular complexity index is 543. The summed E-state index contributed by atoms with van der Waals surface area (Å²) in [6, 6.07) is 6.04. The third-order valence-corrected chi connectivity index (χ3v) is 3.51. The van der Waals surface area contributed by atoms with Crippen molar-refractivity contribution in [3.05, 3.63) is 34.4 Å². The Balaban J connectivity index is 0.00000264. The van der Waals surface area contributed by atoms with E-state index in [1.54, 1.807) is 12.1 Å². The van der Waals surface area contributed by atoms with Crippen LogP contribution in [-0.2, 0) is 4.79 Å². The Labute approximate surface area is 139 Å². The van der Waals surface area contributed by atoms with Crippen molar-refractivity contribution in [2.24, 2.45) is 5.92 Å². The fourth-order valence-electron chi connectivity index (χ4n) is 2.24. The van der Waals surface area contributed by atoms with Gasteiger partial charge in [0.1, 0.15) is 0 Å². The van der Waals surface area contributed by atoms with Crippen molar-refractivity contribution in [3.63, 3.8) is 0 Å². The number of β-amino-alcohol motifs (C(OH)–C–C–N with tert-alkyl or cyclic N) is 1. The molecular formula is C14H20ClN3O5. The Morgan fingerprint density at radius 1 is 1.43 bits per heavy atom. The maximum atomic E-state index is 11.7. The first kappa shape index (κ1) is 19.1. The van der Waals surface area contributed by atoms with Crippen LogP contribution in [0.15, 0.2) is 24.3 Å². The van der Waals surface area contributed by atoms with E-state index in [9.17, 15) is 20.0 Å². The molecular weight excluding hydrogens is 326 g/mol. The normalized spacial score (nSPS) is 19.7. The molecule has 3 N–H and O–H groups in total. The molecule has 1 saturated heterocycles. The number of nitro groups is 1. The first-order chi connectivity index (χ1) is 10.6. The fourth-order valence-corrected chi connectivity index (χ4v) is 2.24. The fraction of sp³-hybridized carbons (Fsp3) is 0.500. The van der Waals surface area contributed by atoms with Crippen LogP contribution in [0.5, 0.6) is 5.75 Å². The van der Waals surface area contributed by atoms with Crippen molar-refractivity contribution in [2.45, 2.75) is 12.5 Å². The van der Waals surface area contributed by atoms with E-state index in [-0.39, 0.29) is 48.7 Å². The zero-order valence-electron chi connectivity index (χ0n) is 12.4. The minimum absolute atomic E-state index is 0. The largest absolute Gasteiger partial charge is 0.486 e. The number of para-hydroxylation sites is 2. The lowest BCUT2D eigenvalue weighted by Gasteiger charge is -2.14. The highest BCUT2D eigenvalue weighted by Gasteiger charge is 2.24. The molecule has 1 amide bonds. The van der Waals surface area contributed by atoms with Crippen molar-refractivity contribution in [1.82, 2.24) is 10.6 Å². The molecule has 1 aromatic carbocycles. The van der Waals surface area contributed by atoms with Crippen LogP contribution in [0.4, 0.5) is 5.69 Å². The Hall–Kier alpha value is -1.90. The maximum Gasteiger partial charge on any atom is 0.310 e. The van der Waals surface area contributed by atoms with Gasteiger partial charge in [0.15, 0.2) is 5.75 Å². The van der Waals surface area contributed by atoms with Gasteiger partial charge in [-0.3, -0.25) is 14.9 Å². The minimum atomic E-state index is -0.524. The van der Waals surface area contributed by atoms with Crippen molar-refractivity contribution in [2.75, 3.05) is 26.2 Å². The maximum absolute atomic E-state index is 11.7. The van der Waals surface area contributed by atoms with Gasteiger partial charge in [-0.15, -0.1) is 12.4 Å². The quantitative estimate of drug-likeness (QED) is 0.489. The zero-order valence-corrected chi connectivity index (χ0v) is 13.3. The molecule has 1 fully saturated rings. The van der Waals surface area contributed by atoms with Gasteiger partial charge in [0.05, 0.1) is 24.1 Å². The molecule has 0 aliphatic carbocycles. The molecule has 9 heteroatoms. The number of amides is 1. The van der Waals surface area contributed by atoms with Crippen LogP contribution >= 0.6 is 12.4 Å². The Morgan fingerprint density at radius 3 is 2.83 bits per heavy atom. The summed E-state index contributed by atoms with van der Waals surface area (Å²) in [5.41, 5.74) is -0.122. The van der Waals surface area contributed by atoms with E-state index in [0.29, 0.717) is 19.6 Å². The highest BCUT2D eigenvalue weighted by atomic mass is 35.5. The van der Waals surface area contributed by atoms with Crippen LogP contribution in [0.3, 0.4) is 0 Å². The van der Waals surface area contributed by atoms with Crippen LogP contribution in [0.25, 0.3) is 0 Å². The molecule has 1 aromatic rings. The predicted octanol–water partition coefficient (Wildman–Crippen LogP) is 0.482. The second-order valence-corrected chi connectivity index (χ2v) is 5.11. The molecule has 0 bridgehead atoms. The lowest BCUT2D eigenvalue weighted by molar-refractivity contribution is -0.385. The van der Waals surface area contributed by atoms with Gasteiger partial charge in [-0.2, -0.15) is 0 Å². The molecule has 1 heterocycles. The number of ether oxygens (including phenoxy) is 1. The molecule has 0 radical (unpaired) electrons. The lowest BCUT2D eigenvalue weighted by atomic mass is 10.1. The number of aliphatic hydroxyl groups excluding tert-OH is 1. The van der Waals surface area contributed by atoms with Gasteiger partial charge in [0, 0.05) is 31.6 Å². The molecule has 2 unspecified atom stereocenters. The molecule has 0 aromatic heterocycles. The average molecular weight is 346 g/mol. The molecule has 0 saturated carbocycles. The number of nitro benzene ring substituents is 1. The van der Waals surface area contributed by atoms with Gasteiger partial charge in [-0.1, -0.05) is 12.1 Å². The smallest absolute Gasteiger partial charge is 0.310 e. The average Bonchev–Trinajstić information content (AvgIpc) is 2.91. The van der Waals surface area contributed by atoms with Crippen LogP contribution in [0.2, 0.25) is 0 Å². The first-order valence-electron chi connectivity index (χ1n) is 7.09. The van der Waals surface area contributed by atoms with Crippen molar-refractivity contribution in [3.8, 4) is 5.75 Å². The van der Waals surface area contributed by atoms with Crippen molar-refractivity contribution >= 4 is 24.0 Å². The van der Waals surface area contributed by atoms with Crippen molar-refractivity contribution in [1.29, 1.82) is 0 Å². The highest BCUT2D eigenvalue weighted by Crippen LogP contribution is 2.25. The standard InChI is InChI=1S/C14H19N3O5.ClH/c18-12-9-15-7-10(12)8-16-14(19)5-6-22-13-4-2-1-3-11(13)17(20)21;/h1-4,10,12,15,18H,5-9H2,(H,16,19);1H. The monoisotopic (exact) mass is 345 g/mol. The molecule has 1 aliphatic heterocycles. The number of hydrogen-bond donors (Lipinski definition) is 3. The summed E-state index contributed by atoms with van der Waals surface area (Å²) in [5, 5.41) is 26.2. The van der Waals surface area contributed by atoms with Gasteiger partial charge in [0.2, 0.25) is 5.91 Å². The number of rotatable bonds is 7. The molecule has 1 aliphatic rings. The second-order valence-electron chi connectivity index (χ2n) is 5.11. The number of carbonyl (C=O) groups is 1. The van der Waals surface area contributed by atoms with Gasteiger partial charge >= 0.3 is 5.69 Å². The van der Waals surface area contributed by atoms with E-state index in [0.717, 1.165) is 0 Å². The molecule has 2 atom stereocenters. The number of halogens is 1. The third kappa shape index (κ3) is 5.66. The molecule has 8 nitrogen and oxygen atoms in total. The Kier molecular flexibility index (Phi) is 7.73. The number of carbonyl (C=O) groups excluding carboxylic acids is 1. The minimum Gasteiger partial charge on any atom is -0.486 e. The predicted molar refractivity (Wildman–Crippen MR) is 85.8 cm³/mol. The van der Waals surface area contributed by atoms with Gasteiger partial charge in [-0.25, -0.2) is 0 Å². The summed E-state index contributed by atoms with van der Waals surface area (Å²) >= 11 is 0. The van der Waals surface area contributed by atoms with E-state index in [4.69, 9.17) is 4.74 Å².